The summed E-state index contributed by atoms with van der Waals surface area (Å²) in [7, 11) is 0. The van der Waals surface area contributed by atoms with Gasteiger partial charge in [0.1, 0.15) is 5.76 Å². The second kappa shape index (κ2) is 8.33. The molecule has 6 nitrogen and oxygen atoms in total. The predicted octanol–water partition coefficient (Wildman–Crippen LogP) is 2.87. The molecule has 0 aliphatic rings. The Morgan fingerprint density at radius 1 is 1.26 bits per heavy atom. The van der Waals surface area contributed by atoms with Crippen molar-refractivity contribution in [2.75, 3.05) is 13.2 Å². The Balaban J connectivity index is 1.84. The molecule has 0 radical (unpaired) electrons. The molecule has 23 heavy (non-hydrogen) atoms. The first-order valence-electron chi connectivity index (χ1n) is 7.71. The van der Waals surface area contributed by atoms with E-state index in [1.165, 1.54) is 0 Å². The SMILES string of the molecule is CCO[C@@H](CNC(=O)NCc1c(C)noc1C)c1ccccc1. The largest absolute Gasteiger partial charge is 0.372 e. The van der Waals surface area contributed by atoms with Crippen molar-refractivity contribution in [2.45, 2.75) is 33.4 Å². The molecular formula is C17H23N3O3. The third-order valence-corrected chi connectivity index (χ3v) is 3.59. The summed E-state index contributed by atoms with van der Waals surface area (Å²) in [6.07, 6.45) is -0.161. The fourth-order valence-electron chi connectivity index (χ4n) is 2.31. The van der Waals surface area contributed by atoms with Gasteiger partial charge in [0.2, 0.25) is 0 Å². The lowest BCUT2D eigenvalue weighted by atomic mass is 10.1. The van der Waals surface area contributed by atoms with E-state index >= 15 is 0 Å². The fourth-order valence-corrected chi connectivity index (χ4v) is 2.31. The molecule has 1 atom stereocenters. The molecule has 2 amide bonds. The molecular weight excluding hydrogens is 294 g/mol. The lowest BCUT2D eigenvalue weighted by Gasteiger charge is -2.18. The van der Waals surface area contributed by atoms with E-state index in [4.69, 9.17) is 9.26 Å². The molecule has 0 fully saturated rings. The first kappa shape index (κ1) is 17.0. The summed E-state index contributed by atoms with van der Waals surface area (Å²) >= 11 is 0. The minimum absolute atomic E-state index is 0.161. The van der Waals surface area contributed by atoms with Crippen LogP contribution in [0.25, 0.3) is 0 Å². The number of ether oxygens (including phenoxy) is 1. The number of nitrogens with one attached hydrogen (secondary N) is 2. The van der Waals surface area contributed by atoms with Crippen molar-refractivity contribution in [1.82, 2.24) is 15.8 Å². The van der Waals surface area contributed by atoms with Crippen molar-refractivity contribution < 1.29 is 14.1 Å². The van der Waals surface area contributed by atoms with E-state index in [2.05, 4.69) is 15.8 Å². The maximum Gasteiger partial charge on any atom is 0.315 e. The van der Waals surface area contributed by atoms with Gasteiger partial charge < -0.3 is 19.9 Å². The quantitative estimate of drug-likeness (QED) is 0.823. The van der Waals surface area contributed by atoms with Crippen LogP contribution >= 0.6 is 0 Å². The molecule has 0 unspecified atom stereocenters. The van der Waals surface area contributed by atoms with Crippen molar-refractivity contribution in [3.8, 4) is 0 Å². The lowest BCUT2D eigenvalue weighted by Crippen LogP contribution is -2.38. The van der Waals surface area contributed by atoms with Gasteiger partial charge in [-0.25, -0.2) is 4.79 Å². The highest BCUT2D eigenvalue weighted by Crippen LogP contribution is 2.16. The minimum atomic E-state index is -0.245. The Kier molecular flexibility index (Phi) is 6.17. The molecule has 0 saturated carbocycles. The van der Waals surface area contributed by atoms with Crippen LogP contribution in [0.3, 0.4) is 0 Å². The van der Waals surface area contributed by atoms with Gasteiger partial charge in [-0.15, -0.1) is 0 Å². The zero-order chi connectivity index (χ0) is 16.7. The summed E-state index contributed by atoms with van der Waals surface area (Å²) in [6, 6.07) is 9.60. The van der Waals surface area contributed by atoms with Crippen LogP contribution in [0.5, 0.6) is 0 Å². The lowest BCUT2D eigenvalue weighted by molar-refractivity contribution is 0.0639. The summed E-state index contributed by atoms with van der Waals surface area (Å²) in [5.74, 6) is 0.722. The van der Waals surface area contributed by atoms with Crippen molar-refractivity contribution in [1.29, 1.82) is 0 Å². The van der Waals surface area contributed by atoms with Crippen LogP contribution in [0.2, 0.25) is 0 Å². The molecule has 2 N–H and O–H groups in total. The molecule has 1 aromatic heterocycles. The third-order valence-electron chi connectivity index (χ3n) is 3.59. The number of amides is 2. The van der Waals surface area contributed by atoms with Crippen molar-refractivity contribution in [2.24, 2.45) is 0 Å². The van der Waals surface area contributed by atoms with E-state index in [9.17, 15) is 4.79 Å². The molecule has 0 bridgehead atoms. The van der Waals surface area contributed by atoms with Crippen LogP contribution in [-0.4, -0.2) is 24.3 Å². The van der Waals surface area contributed by atoms with Gasteiger partial charge in [0.05, 0.1) is 11.8 Å². The van der Waals surface area contributed by atoms with Gasteiger partial charge in [0, 0.05) is 25.3 Å². The molecule has 6 heteroatoms. The number of hydrogen-bond donors (Lipinski definition) is 2. The number of carbonyl (C=O) groups is 1. The number of nitrogens with zero attached hydrogens (tertiary/aromatic N) is 1. The Labute approximate surface area is 136 Å². The van der Waals surface area contributed by atoms with Gasteiger partial charge in [-0.3, -0.25) is 0 Å². The normalized spacial score (nSPS) is 12.0. The van der Waals surface area contributed by atoms with Crippen LogP contribution in [0.1, 0.15) is 35.6 Å². The second-order valence-corrected chi connectivity index (χ2v) is 5.22. The summed E-state index contributed by atoms with van der Waals surface area (Å²) < 4.78 is 10.8. The van der Waals surface area contributed by atoms with E-state index in [0.29, 0.717) is 19.7 Å². The first-order chi connectivity index (χ1) is 11.1. The molecule has 0 saturated heterocycles. The van der Waals surface area contributed by atoms with Crippen molar-refractivity contribution in [3.63, 3.8) is 0 Å². The van der Waals surface area contributed by atoms with Gasteiger partial charge in [-0.2, -0.15) is 0 Å². The topological polar surface area (TPSA) is 76.4 Å². The third kappa shape index (κ3) is 4.82. The van der Waals surface area contributed by atoms with Crippen LogP contribution < -0.4 is 10.6 Å². The zero-order valence-corrected chi connectivity index (χ0v) is 13.8. The van der Waals surface area contributed by atoms with Crippen molar-refractivity contribution >= 4 is 6.03 Å². The predicted molar refractivity (Wildman–Crippen MR) is 87.0 cm³/mol. The summed E-state index contributed by atoms with van der Waals surface area (Å²) in [5.41, 5.74) is 2.74. The Hall–Kier alpha value is -2.34. The minimum Gasteiger partial charge on any atom is -0.372 e. The van der Waals surface area contributed by atoms with E-state index < -0.39 is 0 Å². The molecule has 2 aromatic rings. The van der Waals surface area contributed by atoms with Crippen LogP contribution in [0, 0.1) is 13.8 Å². The average molecular weight is 317 g/mol. The first-order valence-corrected chi connectivity index (χ1v) is 7.71. The number of urea groups is 1. The number of hydrogen-bond acceptors (Lipinski definition) is 4. The van der Waals surface area contributed by atoms with E-state index in [0.717, 1.165) is 22.6 Å². The Morgan fingerprint density at radius 3 is 2.61 bits per heavy atom. The van der Waals surface area contributed by atoms with Gasteiger partial charge in [-0.1, -0.05) is 35.5 Å². The molecule has 1 heterocycles. The number of aromatic nitrogens is 1. The highest BCUT2D eigenvalue weighted by Gasteiger charge is 2.14. The number of carbonyl (C=O) groups excluding carboxylic acids is 1. The molecule has 0 aliphatic heterocycles. The highest BCUT2D eigenvalue weighted by atomic mass is 16.5. The Morgan fingerprint density at radius 2 is 2.00 bits per heavy atom. The van der Waals surface area contributed by atoms with Gasteiger partial charge in [0.25, 0.3) is 0 Å². The van der Waals surface area contributed by atoms with E-state index in [1.807, 2.05) is 51.1 Å². The fraction of sp³-hybridized carbons (Fsp3) is 0.412. The number of benzene rings is 1. The maximum absolute atomic E-state index is 12.0. The monoisotopic (exact) mass is 317 g/mol. The zero-order valence-electron chi connectivity index (χ0n) is 13.8. The molecule has 124 valence electrons. The maximum atomic E-state index is 12.0. The molecule has 0 spiro atoms. The summed E-state index contributed by atoms with van der Waals surface area (Å²) in [4.78, 5) is 12.0. The molecule has 2 rings (SSSR count). The van der Waals surface area contributed by atoms with Gasteiger partial charge in [-0.05, 0) is 26.3 Å². The van der Waals surface area contributed by atoms with Gasteiger partial charge in [0.15, 0.2) is 0 Å². The second-order valence-electron chi connectivity index (χ2n) is 5.22. The molecule has 1 aromatic carbocycles. The summed E-state index contributed by atoms with van der Waals surface area (Å²) in [6.45, 7) is 7.00. The highest BCUT2D eigenvalue weighted by molar-refractivity contribution is 5.73. The Bertz CT molecular complexity index is 606. The molecule has 0 aliphatic carbocycles. The average Bonchev–Trinajstić information content (AvgIpc) is 2.88. The van der Waals surface area contributed by atoms with E-state index in [-0.39, 0.29) is 12.1 Å². The van der Waals surface area contributed by atoms with Crippen LogP contribution in [0.4, 0.5) is 4.79 Å². The van der Waals surface area contributed by atoms with Crippen LogP contribution in [-0.2, 0) is 11.3 Å². The van der Waals surface area contributed by atoms with Crippen molar-refractivity contribution in [3.05, 3.63) is 52.9 Å². The van der Waals surface area contributed by atoms with Crippen LogP contribution in [0.15, 0.2) is 34.9 Å². The van der Waals surface area contributed by atoms with E-state index in [1.54, 1.807) is 0 Å². The number of rotatable bonds is 7. The summed E-state index contributed by atoms with van der Waals surface area (Å²) in [5, 5.41) is 9.52. The van der Waals surface area contributed by atoms with Gasteiger partial charge >= 0.3 is 6.03 Å². The standard InChI is InChI=1S/C17H23N3O3/c1-4-22-16(14-8-6-5-7-9-14)11-19-17(21)18-10-15-12(2)20-23-13(15)3/h5-9,16H,4,10-11H2,1-3H3,(H2,18,19,21)/t16-/m0/s1. The number of aryl methyl sites for hydroxylation is 2. The smallest absolute Gasteiger partial charge is 0.315 e.